The van der Waals surface area contributed by atoms with E-state index in [9.17, 15) is 4.39 Å². The van der Waals surface area contributed by atoms with Crippen molar-refractivity contribution >= 4 is 33.2 Å². The highest BCUT2D eigenvalue weighted by Gasteiger charge is 2.12. The van der Waals surface area contributed by atoms with Crippen molar-refractivity contribution in [2.24, 2.45) is 0 Å². The van der Waals surface area contributed by atoms with Gasteiger partial charge in [-0.1, -0.05) is 0 Å². The lowest BCUT2D eigenvalue weighted by molar-refractivity contribution is 0.431. The van der Waals surface area contributed by atoms with Crippen molar-refractivity contribution < 1.29 is 9.13 Å². The highest BCUT2D eigenvalue weighted by atomic mass is 35.5. The molecular formula is C13H5ClFN3OS. The Kier molecular flexibility index (Phi) is 3.22. The molecule has 0 saturated carbocycles. The molecule has 0 radical (unpaired) electrons. The lowest BCUT2D eigenvalue weighted by Crippen LogP contribution is -1.94. The van der Waals surface area contributed by atoms with Crippen molar-refractivity contribution in [3.63, 3.8) is 0 Å². The van der Waals surface area contributed by atoms with Crippen molar-refractivity contribution in [1.82, 2.24) is 9.97 Å². The second-order valence-corrected chi connectivity index (χ2v) is 5.03. The number of benzene rings is 1. The molecule has 3 aromatic rings. The maximum absolute atomic E-state index is 13.8. The Hall–Kier alpha value is -2.23. The van der Waals surface area contributed by atoms with Crippen LogP contribution in [0.4, 0.5) is 4.39 Å². The number of hydrogen-bond acceptors (Lipinski definition) is 5. The first kappa shape index (κ1) is 12.8. The summed E-state index contributed by atoms with van der Waals surface area (Å²) < 4.78 is 19.2. The quantitative estimate of drug-likeness (QED) is 0.667. The zero-order valence-electron chi connectivity index (χ0n) is 9.80. The molecule has 0 N–H and O–H groups in total. The fraction of sp³-hybridized carbons (Fsp3) is 0. The van der Waals surface area contributed by atoms with Crippen LogP contribution < -0.4 is 4.74 Å². The molecule has 0 aliphatic carbocycles. The van der Waals surface area contributed by atoms with Crippen LogP contribution in [-0.2, 0) is 0 Å². The van der Waals surface area contributed by atoms with Crippen molar-refractivity contribution in [3.05, 3.63) is 46.3 Å². The van der Waals surface area contributed by atoms with Gasteiger partial charge in [-0.15, -0.1) is 11.3 Å². The summed E-state index contributed by atoms with van der Waals surface area (Å²) in [6, 6.07) is 7.57. The van der Waals surface area contributed by atoms with Crippen LogP contribution in [0.5, 0.6) is 11.6 Å². The van der Waals surface area contributed by atoms with Gasteiger partial charge in [-0.3, -0.25) is 0 Å². The van der Waals surface area contributed by atoms with Gasteiger partial charge in [0.2, 0.25) is 11.2 Å². The summed E-state index contributed by atoms with van der Waals surface area (Å²) in [5.41, 5.74) is 0.219. The Morgan fingerprint density at radius 2 is 2.15 bits per heavy atom. The second-order valence-electron chi connectivity index (χ2n) is 3.80. The van der Waals surface area contributed by atoms with E-state index in [1.165, 1.54) is 23.5 Å². The zero-order chi connectivity index (χ0) is 14.1. The van der Waals surface area contributed by atoms with Gasteiger partial charge >= 0.3 is 0 Å². The molecule has 0 aliphatic heterocycles. The monoisotopic (exact) mass is 305 g/mol. The van der Waals surface area contributed by atoms with E-state index in [1.807, 2.05) is 11.4 Å². The van der Waals surface area contributed by atoms with Gasteiger partial charge in [0.1, 0.15) is 4.83 Å². The van der Waals surface area contributed by atoms with Gasteiger partial charge in [0, 0.05) is 0 Å². The normalized spacial score (nSPS) is 10.4. The molecule has 4 nitrogen and oxygen atoms in total. The van der Waals surface area contributed by atoms with E-state index in [-0.39, 0.29) is 22.5 Å². The molecule has 3 rings (SSSR count). The first-order chi connectivity index (χ1) is 9.67. The van der Waals surface area contributed by atoms with Crippen LogP contribution in [0.1, 0.15) is 5.56 Å². The van der Waals surface area contributed by atoms with Gasteiger partial charge in [-0.25, -0.2) is 9.37 Å². The molecule has 2 heterocycles. The largest absolute Gasteiger partial charge is 0.435 e. The molecule has 1 aromatic carbocycles. The summed E-state index contributed by atoms with van der Waals surface area (Å²) >= 11 is 7.19. The van der Waals surface area contributed by atoms with Crippen LogP contribution in [0, 0.1) is 17.1 Å². The van der Waals surface area contributed by atoms with Crippen molar-refractivity contribution in [2.75, 3.05) is 0 Å². The standard InChI is InChI=1S/C13H5ClFN3OS/c14-13-17-11(8-3-4-20-12(8)18-13)19-10-2-1-7(6-16)5-9(10)15/h1-5H. The minimum Gasteiger partial charge on any atom is -0.435 e. The van der Waals surface area contributed by atoms with E-state index in [0.717, 1.165) is 6.07 Å². The van der Waals surface area contributed by atoms with Crippen LogP contribution >= 0.6 is 22.9 Å². The van der Waals surface area contributed by atoms with E-state index in [1.54, 1.807) is 6.07 Å². The minimum absolute atomic E-state index is 0.0220. The highest BCUT2D eigenvalue weighted by molar-refractivity contribution is 7.16. The Bertz CT molecular complexity index is 843. The molecule has 0 saturated heterocycles. The minimum atomic E-state index is -0.637. The lowest BCUT2D eigenvalue weighted by Gasteiger charge is -2.07. The summed E-state index contributed by atoms with van der Waals surface area (Å²) in [6.07, 6.45) is 0. The number of aromatic nitrogens is 2. The predicted octanol–water partition coefficient (Wildman–Crippen LogP) is 4.15. The Morgan fingerprint density at radius 3 is 2.90 bits per heavy atom. The molecule has 0 amide bonds. The molecule has 0 aliphatic rings. The fourth-order valence-corrected chi connectivity index (χ4v) is 2.60. The van der Waals surface area contributed by atoms with Crippen LogP contribution in [-0.4, -0.2) is 9.97 Å². The predicted molar refractivity (Wildman–Crippen MR) is 73.6 cm³/mol. The summed E-state index contributed by atoms with van der Waals surface area (Å²) in [4.78, 5) is 8.66. The molecule has 20 heavy (non-hydrogen) atoms. The van der Waals surface area contributed by atoms with E-state index in [2.05, 4.69) is 9.97 Å². The number of halogens is 2. The van der Waals surface area contributed by atoms with Gasteiger partial charge < -0.3 is 4.74 Å². The summed E-state index contributed by atoms with van der Waals surface area (Å²) in [6.45, 7) is 0. The summed E-state index contributed by atoms with van der Waals surface area (Å²) in [7, 11) is 0. The topological polar surface area (TPSA) is 58.8 Å². The number of ether oxygens (including phenoxy) is 1. The van der Waals surface area contributed by atoms with Crippen molar-refractivity contribution in [2.45, 2.75) is 0 Å². The maximum Gasteiger partial charge on any atom is 0.232 e. The molecule has 2 aromatic heterocycles. The lowest BCUT2D eigenvalue weighted by atomic mass is 10.2. The first-order valence-electron chi connectivity index (χ1n) is 5.45. The third-order valence-electron chi connectivity index (χ3n) is 2.53. The van der Waals surface area contributed by atoms with E-state index in [0.29, 0.717) is 10.2 Å². The molecule has 0 fully saturated rings. The zero-order valence-corrected chi connectivity index (χ0v) is 11.4. The van der Waals surface area contributed by atoms with Crippen LogP contribution in [0.3, 0.4) is 0 Å². The average Bonchev–Trinajstić information content (AvgIpc) is 2.89. The van der Waals surface area contributed by atoms with Gasteiger partial charge in [-0.2, -0.15) is 10.2 Å². The van der Waals surface area contributed by atoms with E-state index >= 15 is 0 Å². The molecule has 0 bridgehead atoms. The van der Waals surface area contributed by atoms with Crippen LogP contribution in [0.2, 0.25) is 5.28 Å². The number of nitrogens with zero attached hydrogens (tertiary/aromatic N) is 3. The number of thiophene rings is 1. The molecule has 7 heteroatoms. The van der Waals surface area contributed by atoms with Crippen molar-refractivity contribution in [1.29, 1.82) is 5.26 Å². The van der Waals surface area contributed by atoms with Crippen molar-refractivity contribution in [3.8, 4) is 17.7 Å². The SMILES string of the molecule is N#Cc1ccc(Oc2nc(Cl)nc3sccc23)c(F)c1. The van der Waals surface area contributed by atoms with Crippen LogP contribution in [0.15, 0.2) is 29.6 Å². The summed E-state index contributed by atoms with van der Waals surface area (Å²) in [5, 5.41) is 11.2. The second kappa shape index (κ2) is 5.04. The fourth-order valence-electron chi connectivity index (χ4n) is 1.64. The van der Waals surface area contributed by atoms with Gasteiger partial charge in [0.15, 0.2) is 11.6 Å². The van der Waals surface area contributed by atoms with Gasteiger partial charge in [0.05, 0.1) is 17.0 Å². The molecule has 0 unspecified atom stereocenters. The Morgan fingerprint density at radius 1 is 1.30 bits per heavy atom. The Balaban J connectivity index is 2.05. The number of rotatable bonds is 2. The maximum atomic E-state index is 13.8. The summed E-state index contributed by atoms with van der Waals surface area (Å²) in [5.74, 6) is -0.474. The molecule has 98 valence electrons. The van der Waals surface area contributed by atoms with Gasteiger partial charge in [-0.05, 0) is 41.2 Å². The van der Waals surface area contributed by atoms with E-state index in [4.69, 9.17) is 21.6 Å². The molecular weight excluding hydrogens is 301 g/mol. The Labute approximate surface area is 122 Å². The van der Waals surface area contributed by atoms with Gasteiger partial charge in [0.25, 0.3) is 0 Å². The third-order valence-corrected chi connectivity index (χ3v) is 3.51. The number of nitriles is 1. The third kappa shape index (κ3) is 2.29. The average molecular weight is 306 g/mol. The van der Waals surface area contributed by atoms with Crippen LogP contribution in [0.25, 0.3) is 10.2 Å². The number of fused-ring (bicyclic) bond motifs is 1. The van der Waals surface area contributed by atoms with E-state index < -0.39 is 5.82 Å². The first-order valence-corrected chi connectivity index (χ1v) is 6.71. The molecule has 0 spiro atoms. The number of hydrogen-bond donors (Lipinski definition) is 0. The molecule has 0 atom stereocenters. The smallest absolute Gasteiger partial charge is 0.232 e. The highest BCUT2D eigenvalue weighted by Crippen LogP contribution is 2.32.